The van der Waals surface area contributed by atoms with Crippen molar-refractivity contribution in [1.82, 2.24) is 0 Å². The standard InChI is InChI=1S/C16H17NS/c1-11-7-8-14(12(2)9-11)17-15-10-18-16-6-4-3-5-13(15)16/h3-9,15,17H,10H2,1-2H3. The van der Waals surface area contributed by atoms with Crippen LogP contribution >= 0.6 is 11.8 Å². The maximum absolute atomic E-state index is 3.67. The number of benzene rings is 2. The summed E-state index contributed by atoms with van der Waals surface area (Å²) in [6.45, 7) is 4.31. The van der Waals surface area contributed by atoms with Crippen molar-refractivity contribution in [2.45, 2.75) is 24.8 Å². The maximum atomic E-state index is 3.67. The topological polar surface area (TPSA) is 12.0 Å². The summed E-state index contributed by atoms with van der Waals surface area (Å²) in [6.07, 6.45) is 0. The molecule has 1 atom stereocenters. The summed E-state index contributed by atoms with van der Waals surface area (Å²) in [5.74, 6) is 1.12. The molecule has 0 saturated carbocycles. The lowest BCUT2D eigenvalue weighted by Crippen LogP contribution is -2.10. The minimum absolute atomic E-state index is 0.438. The molecule has 0 spiro atoms. The van der Waals surface area contributed by atoms with E-state index in [4.69, 9.17) is 0 Å². The number of rotatable bonds is 2. The lowest BCUT2D eigenvalue weighted by molar-refractivity contribution is 0.897. The molecule has 1 aliphatic heterocycles. The van der Waals surface area contributed by atoms with Crippen LogP contribution in [0.15, 0.2) is 47.4 Å². The van der Waals surface area contributed by atoms with Crippen LogP contribution in [0.2, 0.25) is 0 Å². The highest BCUT2D eigenvalue weighted by Gasteiger charge is 2.22. The molecule has 92 valence electrons. The second kappa shape index (κ2) is 4.69. The first-order valence-electron chi connectivity index (χ1n) is 6.29. The predicted molar refractivity (Wildman–Crippen MR) is 79.4 cm³/mol. The van der Waals surface area contributed by atoms with Crippen LogP contribution < -0.4 is 5.32 Å². The Morgan fingerprint density at radius 2 is 1.94 bits per heavy atom. The predicted octanol–water partition coefficient (Wildman–Crippen LogP) is 4.56. The molecule has 2 aromatic rings. The van der Waals surface area contributed by atoms with Crippen molar-refractivity contribution in [3.63, 3.8) is 0 Å². The highest BCUT2D eigenvalue weighted by atomic mass is 32.2. The lowest BCUT2D eigenvalue weighted by Gasteiger charge is -2.17. The SMILES string of the molecule is Cc1ccc(NC2CSc3ccccc32)c(C)c1. The second-order valence-electron chi connectivity index (χ2n) is 4.86. The van der Waals surface area contributed by atoms with Crippen molar-refractivity contribution in [3.05, 3.63) is 59.2 Å². The summed E-state index contributed by atoms with van der Waals surface area (Å²) in [5.41, 5.74) is 5.33. The van der Waals surface area contributed by atoms with Crippen molar-refractivity contribution in [3.8, 4) is 0 Å². The molecule has 1 nitrogen and oxygen atoms in total. The van der Waals surface area contributed by atoms with Crippen LogP contribution in [0, 0.1) is 13.8 Å². The van der Waals surface area contributed by atoms with E-state index in [2.05, 4.69) is 61.6 Å². The fourth-order valence-corrected chi connectivity index (χ4v) is 3.61. The van der Waals surface area contributed by atoms with Gasteiger partial charge in [-0.15, -0.1) is 11.8 Å². The Bertz CT molecular complexity index is 577. The summed E-state index contributed by atoms with van der Waals surface area (Å²) >= 11 is 1.94. The summed E-state index contributed by atoms with van der Waals surface area (Å²) in [4.78, 5) is 1.42. The smallest absolute Gasteiger partial charge is 0.0618 e. The van der Waals surface area contributed by atoms with Gasteiger partial charge in [0.1, 0.15) is 0 Å². The summed E-state index contributed by atoms with van der Waals surface area (Å²) in [5, 5.41) is 3.67. The molecule has 0 aliphatic carbocycles. The van der Waals surface area contributed by atoms with Crippen molar-refractivity contribution in [1.29, 1.82) is 0 Å². The molecule has 1 aliphatic rings. The van der Waals surface area contributed by atoms with Crippen LogP contribution in [-0.2, 0) is 0 Å². The molecule has 0 radical (unpaired) electrons. The molecule has 1 heterocycles. The van der Waals surface area contributed by atoms with E-state index in [9.17, 15) is 0 Å². The Morgan fingerprint density at radius 1 is 1.11 bits per heavy atom. The Morgan fingerprint density at radius 3 is 2.78 bits per heavy atom. The van der Waals surface area contributed by atoms with Crippen LogP contribution in [0.1, 0.15) is 22.7 Å². The maximum Gasteiger partial charge on any atom is 0.0618 e. The quantitative estimate of drug-likeness (QED) is 0.844. The second-order valence-corrected chi connectivity index (χ2v) is 5.93. The zero-order valence-electron chi connectivity index (χ0n) is 10.7. The van der Waals surface area contributed by atoms with E-state index in [0.717, 1.165) is 5.75 Å². The van der Waals surface area contributed by atoms with Crippen LogP contribution in [0.25, 0.3) is 0 Å². The van der Waals surface area contributed by atoms with Gasteiger partial charge in [0.05, 0.1) is 6.04 Å². The zero-order valence-corrected chi connectivity index (χ0v) is 11.6. The van der Waals surface area contributed by atoms with Gasteiger partial charge in [-0.25, -0.2) is 0 Å². The van der Waals surface area contributed by atoms with Crippen LogP contribution in [-0.4, -0.2) is 5.75 Å². The molecule has 2 aromatic carbocycles. The van der Waals surface area contributed by atoms with E-state index in [1.165, 1.54) is 27.3 Å². The van der Waals surface area contributed by atoms with Gasteiger partial charge in [0.25, 0.3) is 0 Å². The van der Waals surface area contributed by atoms with Gasteiger partial charge in [0, 0.05) is 16.3 Å². The minimum Gasteiger partial charge on any atom is -0.377 e. The molecule has 1 unspecified atom stereocenters. The van der Waals surface area contributed by atoms with Crippen molar-refractivity contribution < 1.29 is 0 Å². The molecule has 0 fully saturated rings. The van der Waals surface area contributed by atoms with E-state index in [0.29, 0.717) is 6.04 Å². The fraction of sp³-hybridized carbons (Fsp3) is 0.250. The van der Waals surface area contributed by atoms with Gasteiger partial charge in [-0.1, -0.05) is 35.9 Å². The number of hydrogen-bond acceptors (Lipinski definition) is 2. The average Bonchev–Trinajstić information content (AvgIpc) is 2.76. The molecular weight excluding hydrogens is 238 g/mol. The van der Waals surface area contributed by atoms with Crippen LogP contribution in [0.4, 0.5) is 5.69 Å². The van der Waals surface area contributed by atoms with Crippen LogP contribution in [0.5, 0.6) is 0 Å². The van der Waals surface area contributed by atoms with E-state index >= 15 is 0 Å². The van der Waals surface area contributed by atoms with E-state index < -0.39 is 0 Å². The molecule has 2 heteroatoms. The molecule has 0 saturated heterocycles. The van der Waals surface area contributed by atoms with Gasteiger partial charge >= 0.3 is 0 Å². The van der Waals surface area contributed by atoms with Gasteiger partial charge in [-0.2, -0.15) is 0 Å². The number of fused-ring (bicyclic) bond motifs is 1. The van der Waals surface area contributed by atoms with Gasteiger partial charge in [0.2, 0.25) is 0 Å². The molecule has 1 N–H and O–H groups in total. The van der Waals surface area contributed by atoms with Gasteiger partial charge in [-0.05, 0) is 37.1 Å². The van der Waals surface area contributed by atoms with E-state index in [1.54, 1.807) is 0 Å². The molecular formula is C16H17NS. The molecule has 0 aromatic heterocycles. The number of aryl methyl sites for hydroxylation is 2. The molecule has 0 amide bonds. The summed E-state index contributed by atoms with van der Waals surface area (Å²) in [6, 6.07) is 15.7. The number of nitrogens with one attached hydrogen (secondary N) is 1. The summed E-state index contributed by atoms with van der Waals surface area (Å²) < 4.78 is 0. The van der Waals surface area contributed by atoms with Gasteiger partial charge in [-0.3, -0.25) is 0 Å². The first-order chi connectivity index (χ1) is 8.74. The van der Waals surface area contributed by atoms with Gasteiger partial charge < -0.3 is 5.32 Å². The Hall–Kier alpha value is -1.41. The minimum atomic E-state index is 0.438. The highest BCUT2D eigenvalue weighted by molar-refractivity contribution is 7.99. The monoisotopic (exact) mass is 255 g/mol. The van der Waals surface area contributed by atoms with Crippen LogP contribution in [0.3, 0.4) is 0 Å². The summed E-state index contributed by atoms with van der Waals surface area (Å²) in [7, 11) is 0. The molecule has 3 rings (SSSR count). The Labute approximate surface area is 113 Å². The Balaban J connectivity index is 1.86. The van der Waals surface area contributed by atoms with Crippen molar-refractivity contribution >= 4 is 17.4 Å². The molecule has 0 bridgehead atoms. The highest BCUT2D eigenvalue weighted by Crippen LogP contribution is 2.39. The first kappa shape index (κ1) is 11.7. The number of hydrogen-bond donors (Lipinski definition) is 1. The zero-order chi connectivity index (χ0) is 12.5. The normalized spacial score (nSPS) is 17.6. The van der Waals surface area contributed by atoms with Gasteiger partial charge in [0.15, 0.2) is 0 Å². The lowest BCUT2D eigenvalue weighted by atomic mass is 10.1. The van der Waals surface area contributed by atoms with Crippen molar-refractivity contribution in [2.24, 2.45) is 0 Å². The largest absolute Gasteiger partial charge is 0.377 e. The number of anilines is 1. The first-order valence-corrected chi connectivity index (χ1v) is 7.28. The number of thioether (sulfide) groups is 1. The third kappa shape index (κ3) is 2.13. The third-order valence-corrected chi connectivity index (χ3v) is 4.59. The Kier molecular flexibility index (Phi) is 3.04. The molecule has 18 heavy (non-hydrogen) atoms. The third-order valence-electron chi connectivity index (χ3n) is 3.41. The van der Waals surface area contributed by atoms with Crippen molar-refractivity contribution in [2.75, 3.05) is 11.1 Å². The van der Waals surface area contributed by atoms with E-state index in [1.807, 2.05) is 11.8 Å². The average molecular weight is 255 g/mol. The van der Waals surface area contributed by atoms with E-state index in [-0.39, 0.29) is 0 Å². The fourth-order valence-electron chi connectivity index (χ4n) is 2.45.